The summed E-state index contributed by atoms with van der Waals surface area (Å²) in [6.07, 6.45) is 3.52. The first kappa shape index (κ1) is 36.9. The Bertz CT molecular complexity index is 2010. The summed E-state index contributed by atoms with van der Waals surface area (Å²) < 4.78 is 0. The van der Waals surface area contributed by atoms with Gasteiger partial charge in [-0.1, -0.05) is 49.4 Å². The Kier molecular flexibility index (Phi) is 11.3. The number of benzene rings is 3. The smallest absolute Gasteiger partial charge is 0.335 e. The number of piperidine rings is 1. The zero-order valence-corrected chi connectivity index (χ0v) is 29.9. The number of anilines is 2. The second-order valence-electron chi connectivity index (χ2n) is 14.0. The van der Waals surface area contributed by atoms with Gasteiger partial charge in [-0.2, -0.15) is 0 Å². The first-order chi connectivity index (χ1) is 25.5. The van der Waals surface area contributed by atoms with Gasteiger partial charge in [0, 0.05) is 55.0 Å². The van der Waals surface area contributed by atoms with Crippen molar-refractivity contribution >= 4 is 41.1 Å². The number of carbonyl (C=O) groups excluding carboxylic acids is 4. The number of hydrogen-bond donors (Lipinski definition) is 4. The summed E-state index contributed by atoms with van der Waals surface area (Å²) in [7, 11) is 1.85. The molecule has 4 N–H and O–H groups in total. The minimum atomic E-state index is -1.11. The van der Waals surface area contributed by atoms with Crippen molar-refractivity contribution in [1.29, 1.82) is 0 Å². The first-order valence-corrected chi connectivity index (χ1v) is 17.8. The number of nitrogens with one attached hydrogen (secondary N) is 3. The molecule has 274 valence electrons. The van der Waals surface area contributed by atoms with Crippen LogP contribution in [0.15, 0.2) is 91.1 Å². The van der Waals surface area contributed by atoms with E-state index in [2.05, 4.69) is 20.9 Å². The minimum Gasteiger partial charge on any atom is -0.478 e. The maximum Gasteiger partial charge on any atom is 0.335 e. The third-order valence-electron chi connectivity index (χ3n) is 10.2. The van der Waals surface area contributed by atoms with E-state index >= 15 is 0 Å². The van der Waals surface area contributed by atoms with Crippen molar-refractivity contribution in [2.24, 2.45) is 11.3 Å². The van der Waals surface area contributed by atoms with Gasteiger partial charge in [-0.05, 0) is 97.4 Å². The molecule has 1 aliphatic carbocycles. The fourth-order valence-electron chi connectivity index (χ4n) is 7.17. The van der Waals surface area contributed by atoms with Crippen LogP contribution in [0.3, 0.4) is 0 Å². The lowest BCUT2D eigenvalue weighted by atomic mass is 9.78. The molecule has 0 radical (unpaired) electrons. The number of aromatic nitrogens is 1. The van der Waals surface area contributed by atoms with Crippen LogP contribution < -0.4 is 16.0 Å². The summed E-state index contributed by atoms with van der Waals surface area (Å²) in [4.78, 5) is 73.3. The number of aromatic carboxylic acids is 1. The van der Waals surface area contributed by atoms with Gasteiger partial charge in [0.1, 0.15) is 12.4 Å². The zero-order chi connectivity index (χ0) is 37.5. The third kappa shape index (κ3) is 8.78. The summed E-state index contributed by atoms with van der Waals surface area (Å²) in [6, 6.07) is 24.8. The summed E-state index contributed by atoms with van der Waals surface area (Å²) in [6.45, 7) is 3.14. The molecule has 4 amide bonds. The van der Waals surface area contributed by atoms with Crippen LogP contribution in [0.25, 0.3) is 0 Å². The Balaban J connectivity index is 1.14. The van der Waals surface area contributed by atoms with Gasteiger partial charge in [-0.15, -0.1) is 0 Å². The highest BCUT2D eigenvalue weighted by Gasteiger charge is 2.41. The molecule has 0 bridgehead atoms. The van der Waals surface area contributed by atoms with E-state index in [1.54, 1.807) is 40.3 Å². The molecule has 2 heterocycles. The summed E-state index contributed by atoms with van der Waals surface area (Å²) in [5.74, 6) is -1.76. The average Bonchev–Trinajstić information content (AvgIpc) is 3.59. The highest BCUT2D eigenvalue weighted by atomic mass is 16.4. The molecule has 6 rings (SSSR count). The van der Waals surface area contributed by atoms with E-state index in [0.29, 0.717) is 56.8 Å². The van der Waals surface area contributed by atoms with Gasteiger partial charge in [0.15, 0.2) is 0 Å². The van der Waals surface area contributed by atoms with Crippen molar-refractivity contribution in [1.82, 2.24) is 20.1 Å². The Morgan fingerprint density at radius 2 is 1.57 bits per heavy atom. The lowest BCUT2D eigenvalue weighted by Gasteiger charge is -2.41. The lowest BCUT2D eigenvalue weighted by Crippen LogP contribution is -2.51. The van der Waals surface area contributed by atoms with E-state index in [0.717, 1.165) is 22.3 Å². The number of carbonyl (C=O) groups is 5. The van der Waals surface area contributed by atoms with Gasteiger partial charge in [-0.3, -0.25) is 19.2 Å². The third-order valence-corrected chi connectivity index (χ3v) is 10.2. The molecule has 53 heavy (non-hydrogen) atoms. The lowest BCUT2D eigenvalue weighted by molar-refractivity contribution is -0.146. The monoisotopic (exact) mass is 716 g/mol. The molecule has 4 aromatic rings. The fraction of sp³-hybridized carbons (Fsp3) is 0.317. The van der Waals surface area contributed by atoms with Gasteiger partial charge in [-0.25, -0.2) is 9.78 Å². The van der Waals surface area contributed by atoms with Crippen molar-refractivity contribution in [2.45, 2.75) is 45.7 Å². The van der Waals surface area contributed by atoms with E-state index in [-0.39, 0.29) is 53.8 Å². The number of nitrogens with zero attached hydrogens (tertiary/aromatic N) is 3. The van der Waals surface area contributed by atoms with Crippen LogP contribution in [0.5, 0.6) is 0 Å². The van der Waals surface area contributed by atoms with E-state index in [1.807, 2.05) is 62.5 Å². The summed E-state index contributed by atoms with van der Waals surface area (Å²) >= 11 is 0. The maximum atomic E-state index is 14.5. The standard InChI is InChI=1S/C41H44N6O6/c1-41(15-18-46(19-16-41)38(50)28-10-7-11-29(21-28)39(51)52)40(53)47(25-31-9-4-3-8-30(31)24-42-2)26-36(48)44-34-14-13-27-20-33(22-32(27)23-34)37(49)45-35-12-5-6-17-43-35/h3-14,17,21,23,33,42H,15-16,18-20,22,24-26H2,1-2H3,(H,44,48)(H,51,52)(H,43,45,49)/t33-/m1/s1. The van der Waals surface area contributed by atoms with Crippen LogP contribution in [0.1, 0.15) is 62.7 Å². The van der Waals surface area contributed by atoms with Gasteiger partial charge in [0.05, 0.1) is 5.56 Å². The normalized spacial score (nSPS) is 16.0. The highest BCUT2D eigenvalue weighted by molar-refractivity contribution is 5.98. The quantitative estimate of drug-likeness (QED) is 0.163. The van der Waals surface area contributed by atoms with Crippen LogP contribution in [-0.4, -0.2) is 76.2 Å². The summed E-state index contributed by atoms with van der Waals surface area (Å²) in [5, 5.41) is 18.4. The molecular weight excluding hydrogens is 672 g/mol. The molecule has 0 saturated carbocycles. The van der Waals surface area contributed by atoms with Crippen molar-refractivity contribution in [3.63, 3.8) is 0 Å². The first-order valence-electron chi connectivity index (χ1n) is 17.8. The van der Waals surface area contributed by atoms with Crippen molar-refractivity contribution in [2.75, 3.05) is 37.3 Å². The minimum absolute atomic E-state index is 0.0356. The number of amides is 4. The highest BCUT2D eigenvalue weighted by Crippen LogP contribution is 2.35. The Morgan fingerprint density at radius 3 is 2.28 bits per heavy atom. The molecule has 1 fully saturated rings. The molecular formula is C41H44N6O6. The van der Waals surface area contributed by atoms with E-state index in [9.17, 15) is 29.1 Å². The number of carboxylic acid groups (broad SMARTS) is 1. The number of pyridine rings is 1. The molecule has 1 aliphatic heterocycles. The van der Waals surface area contributed by atoms with Crippen LogP contribution >= 0.6 is 0 Å². The predicted molar refractivity (Wildman–Crippen MR) is 200 cm³/mol. The van der Waals surface area contributed by atoms with Crippen molar-refractivity contribution in [3.8, 4) is 0 Å². The van der Waals surface area contributed by atoms with Crippen molar-refractivity contribution < 1.29 is 29.1 Å². The number of fused-ring (bicyclic) bond motifs is 1. The number of likely N-dealkylation sites (tertiary alicyclic amines) is 1. The molecule has 1 saturated heterocycles. The molecule has 3 aromatic carbocycles. The van der Waals surface area contributed by atoms with Crippen LogP contribution in [-0.2, 0) is 40.3 Å². The van der Waals surface area contributed by atoms with Crippen molar-refractivity contribution in [3.05, 3.63) is 125 Å². The molecule has 0 spiro atoms. The van der Waals surface area contributed by atoms with Gasteiger partial charge < -0.3 is 30.9 Å². The number of hydrogen-bond acceptors (Lipinski definition) is 7. The second kappa shape index (κ2) is 16.2. The van der Waals surface area contributed by atoms with Gasteiger partial charge in [0.25, 0.3) is 5.91 Å². The van der Waals surface area contributed by atoms with Gasteiger partial charge in [0.2, 0.25) is 17.7 Å². The largest absolute Gasteiger partial charge is 0.478 e. The van der Waals surface area contributed by atoms with Crippen LogP contribution in [0.4, 0.5) is 11.5 Å². The number of rotatable bonds is 12. The second-order valence-corrected chi connectivity index (χ2v) is 14.0. The molecule has 12 nitrogen and oxygen atoms in total. The Morgan fingerprint density at radius 1 is 0.849 bits per heavy atom. The topological polar surface area (TPSA) is 161 Å². The van der Waals surface area contributed by atoms with E-state index in [1.165, 1.54) is 12.1 Å². The molecule has 12 heteroatoms. The average molecular weight is 717 g/mol. The summed E-state index contributed by atoms with van der Waals surface area (Å²) in [5.41, 5.74) is 4.05. The van der Waals surface area contributed by atoms with Crippen LogP contribution in [0.2, 0.25) is 0 Å². The number of carboxylic acids is 1. The Hall–Kier alpha value is -5.88. The van der Waals surface area contributed by atoms with E-state index < -0.39 is 11.4 Å². The Labute approximate surface area is 308 Å². The SMILES string of the molecule is CNCc1ccccc1CN(CC(=O)Nc1ccc2c(c1)C[C@H](C(=O)Nc1ccccn1)C2)C(=O)C1(C)CCN(C(=O)c2cccc(C(=O)O)c2)CC1. The molecule has 1 atom stereocenters. The fourth-order valence-corrected chi connectivity index (χ4v) is 7.17. The van der Waals surface area contributed by atoms with E-state index in [4.69, 9.17) is 0 Å². The predicted octanol–water partition coefficient (Wildman–Crippen LogP) is 4.76. The molecule has 2 aliphatic rings. The molecule has 0 unspecified atom stereocenters. The van der Waals surface area contributed by atoms with Crippen LogP contribution in [0, 0.1) is 11.3 Å². The maximum absolute atomic E-state index is 14.5. The zero-order valence-electron chi connectivity index (χ0n) is 29.9. The van der Waals surface area contributed by atoms with Gasteiger partial charge >= 0.3 is 5.97 Å². The molecule has 1 aromatic heterocycles.